The summed E-state index contributed by atoms with van der Waals surface area (Å²) in [5, 5.41) is 4.79. The van der Waals surface area contributed by atoms with Gasteiger partial charge in [-0.25, -0.2) is 0 Å². The van der Waals surface area contributed by atoms with Crippen molar-refractivity contribution < 1.29 is 4.79 Å². The van der Waals surface area contributed by atoms with Crippen LogP contribution in [0.2, 0.25) is 0 Å². The van der Waals surface area contributed by atoms with Crippen molar-refractivity contribution in [2.24, 2.45) is 24.3 Å². The summed E-state index contributed by atoms with van der Waals surface area (Å²) in [5.41, 5.74) is 3.01. The summed E-state index contributed by atoms with van der Waals surface area (Å²) in [7, 11) is 8.29. The van der Waals surface area contributed by atoms with Gasteiger partial charge in [0.1, 0.15) is 0 Å². The molecule has 1 spiro atoms. The summed E-state index contributed by atoms with van der Waals surface area (Å²) in [6, 6.07) is 2.30. The van der Waals surface area contributed by atoms with Gasteiger partial charge in [-0.2, -0.15) is 5.10 Å². The highest BCUT2D eigenvalue weighted by Gasteiger charge is 2.61. The first-order chi connectivity index (χ1) is 12.9. The molecule has 1 aromatic heterocycles. The van der Waals surface area contributed by atoms with Crippen LogP contribution < -0.4 is 0 Å². The molecule has 27 heavy (non-hydrogen) atoms. The Morgan fingerprint density at radius 1 is 1.22 bits per heavy atom. The number of rotatable bonds is 6. The smallest absolute Gasteiger partial charge is 0.226 e. The second-order valence-electron chi connectivity index (χ2n) is 9.83. The average Bonchev–Trinajstić information content (AvgIpc) is 3.28. The number of hydrogen-bond donors (Lipinski definition) is 0. The lowest BCUT2D eigenvalue weighted by atomic mass is 9.79. The minimum atomic E-state index is 0.358. The van der Waals surface area contributed by atoms with E-state index in [1.807, 2.05) is 11.7 Å². The molecule has 3 saturated carbocycles. The van der Waals surface area contributed by atoms with E-state index < -0.39 is 0 Å². The fourth-order valence-electron chi connectivity index (χ4n) is 5.47. The van der Waals surface area contributed by atoms with Crippen LogP contribution in [0.15, 0.2) is 6.07 Å². The highest BCUT2D eigenvalue weighted by molar-refractivity contribution is 5.82. The van der Waals surface area contributed by atoms with Crippen molar-refractivity contribution in [3.05, 3.63) is 17.5 Å². The molecule has 3 aliphatic carbocycles. The molecular formula is C22H36N4O. The van der Waals surface area contributed by atoms with Crippen LogP contribution in [0.5, 0.6) is 0 Å². The molecule has 5 nitrogen and oxygen atoms in total. The molecule has 3 aliphatic rings. The zero-order valence-electron chi connectivity index (χ0n) is 17.6. The van der Waals surface area contributed by atoms with Crippen molar-refractivity contribution in [2.45, 2.75) is 63.8 Å². The van der Waals surface area contributed by atoms with E-state index in [0.717, 1.165) is 19.5 Å². The molecule has 150 valence electrons. The minimum absolute atomic E-state index is 0.358. The van der Waals surface area contributed by atoms with E-state index in [4.69, 9.17) is 5.10 Å². The SMILES string of the molecule is CN(C)Cc1cc(C2CCC(CN(C)C(=O)C3CC34CCC4)CC2)nn1C. The van der Waals surface area contributed by atoms with Gasteiger partial charge in [-0.1, -0.05) is 6.42 Å². The second kappa shape index (κ2) is 7.23. The number of nitrogens with zero attached hydrogens (tertiary/aromatic N) is 4. The van der Waals surface area contributed by atoms with E-state index in [1.54, 1.807) is 0 Å². The van der Waals surface area contributed by atoms with Gasteiger partial charge in [0, 0.05) is 39.0 Å². The molecule has 5 heteroatoms. The van der Waals surface area contributed by atoms with Gasteiger partial charge in [0.2, 0.25) is 5.91 Å². The van der Waals surface area contributed by atoms with Gasteiger partial charge in [-0.15, -0.1) is 0 Å². The summed E-state index contributed by atoms with van der Waals surface area (Å²) in [6.07, 6.45) is 9.94. The zero-order valence-corrected chi connectivity index (χ0v) is 17.6. The summed E-state index contributed by atoms with van der Waals surface area (Å²) in [5.74, 6) is 2.04. The van der Waals surface area contributed by atoms with Crippen LogP contribution in [0.4, 0.5) is 0 Å². The first-order valence-electron chi connectivity index (χ1n) is 10.8. The summed E-state index contributed by atoms with van der Waals surface area (Å²) in [4.78, 5) is 17.0. The molecule has 0 radical (unpaired) electrons. The molecule has 1 aromatic rings. The Hall–Kier alpha value is -1.36. The molecule has 0 bridgehead atoms. The lowest BCUT2D eigenvalue weighted by molar-refractivity contribution is -0.133. The highest BCUT2D eigenvalue weighted by atomic mass is 16.2. The van der Waals surface area contributed by atoms with E-state index in [2.05, 4.69) is 37.0 Å². The normalized spacial score (nSPS) is 29.0. The molecular weight excluding hydrogens is 336 g/mol. The van der Waals surface area contributed by atoms with E-state index >= 15 is 0 Å². The molecule has 1 amide bonds. The predicted octanol–water partition coefficient (Wildman–Crippen LogP) is 3.40. The third kappa shape index (κ3) is 3.80. The quantitative estimate of drug-likeness (QED) is 0.768. The van der Waals surface area contributed by atoms with Crippen LogP contribution in [-0.2, 0) is 18.4 Å². The maximum Gasteiger partial charge on any atom is 0.226 e. The average molecular weight is 373 g/mol. The summed E-state index contributed by atoms with van der Waals surface area (Å²) >= 11 is 0. The Morgan fingerprint density at radius 3 is 2.48 bits per heavy atom. The van der Waals surface area contributed by atoms with Crippen LogP contribution in [0.25, 0.3) is 0 Å². The molecule has 1 unspecified atom stereocenters. The Kier molecular flexibility index (Phi) is 5.08. The van der Waals surface area contributed by atoms with Crippen molar-refractivity contribution in [3.8, 4) is 0 Å². The lowest BCUT2D eigenvalue weighted by Gasteiger charge is -2.32. The summed E-state index contributed by atoms with van der Waals surface area (Å²) in [6.45, 7) is 1.89. The Bertz CT molecular complexity index is 682. The third-order valence-electron chi connectivity index (χ3n) is 7.48. The molecule has 0 N–H and O–H groups in total. The Labute approximate surface area is 164 Å². The fraction of sp³-hybridized carbons (Fsp3) is 0.818. The topological polar surface area (TPSA) is 41.4 Å². The van der Waals surface area contributed by atoms with Crippen LogP contribution in [0.3, 0.4) is 0 Å². The molecule has 1 heterocycles. The third-order valence-corrected chi connectivity index (χ3v) is 7.48. The van der Waals surface area contributed by atoms with Gasteiger partial charge < -0.3 is 9.80 Å². The van der Waals surface area contributed by atoms with E-state index in [9.17, 15) is 4.79 Å². The number of aryl methyl sites for hydroxylation is 1. The second-order valence-corrected chi connectivity index (χ2v) is 9.83. The number of amides is 1. The standard InChI is InChI=1S/C22H36N4O/c1-24(2)15-18-12-20(23-26(18)4)17-8-6-16(7-9-17)14-25(3)21(27)19-13-22(19)10-5-11-22/h12,16-17,19H,5-11,13-15H2,1-4H3. The van der Waals surface area contributed by atoms with Crippen LogP contribution in [0.1, 0.15) is 68.7 Å². The Morgan fingerprint density at radius 2 is 1.93 bits per heavy atom. The van der Waals surface area contributed by atoms with E-state index in [-0.39, 0.29) is 0 Å². The van der Waals surface area contributed by atoms with Crippen molar-refractivity contribution in [1.29, 1.82) is 0 Å². The highest BCUT2D eigenvalue weighted by Crippen LogP contribution is 2.65. The lowest BCUT2D eigenvalue weighted by Crippen LogP contribution is -2.36. The van der Waals surface area contributed by atoms with Crippen LogP contribution >= 0.6 is 0 Å². The van der Waals surface area contributed by atoms with Crippen molar-refractivity contribution >= 4 is 5.91 Å². The first-order valence-corrected chi connectivity index (χ1v) is 10.8. The summed E-state index contributed by atoms with van der Waals surface area (Å²) < 4.78 is 2.04. The van der Waals surface area contributed by atoms with Crippen LogP contribution in [-0.4, -0.2) is 53.2 Å². The van der Waals surface area contributed by atoms with Gasteiger partial charge in [-0.05, 0) is 76.4 Å². The largest absolute Gasteiger partial charge is 0.345 e. The number of hydrogen-bond acceptors (Lipinski definition) is 3. The first kappa shape index (κ1) is 19.0. The van der Waals surface area contributed by atoms with Gasteiger partial charge in [-0.3, -0.25) is 9.48 Å². The van der Waals surface area contributed by atoms with Crippen molar-refractivity contribution in [3.63, 3.8) is 0 Å². The number of aromatic nitrogens is 2. The predicted molar refractivity (Wildman–Crippen MR) is 107 cm³/mol. The Balaban J connectivity index is 1.26. The van der Waals surface area contributed by atoms with E-state index in [1.165, 1.54) is 56.3 Å². The molecule has 1 atom stereocenters. The maximum absolute atomic E-state index is 12.7. The van der Waals surface area contributed by atoms with Gasteiger partial charge in [0.05, 0.1) is 11.4 Å². The molecule has 0 aliphatic heterocycles. The van der Waals surface area contributed by atoms with Crippen LogP contribution in [0, 0.1) is 17.3 Å². The van der Waals surface area contributed by atoms with E-state index in [0.29, 0.717) is 29.1 Å². The van der Waals surface area contributed by atoms with Gasteiger partial charge >= 0.3 is 0 Å². The van der Waals surface area contributed by atoms with Crippen molar-refractivity contribution in [1.82, 2.24) is 19.6 Å². The molecule has 3 fully saturated rings. The zero-order chi connectivity index (χ0) is 19.2. The molecule has 0 aromatic carbocycles. The molecule has 0 saturated heterocycles. The van der Waals surface area contributed by atoms with Gasteiger partial charge in [0.15, 0.2) is 0 Å². The number of carbonyl (C=O) groups is 1. The maximum atomic E-state index is 12.7. The fourth-order valence-corrected chi connectivity index (χ4v) is 5.47. The van der Waals surface area contributed by atoms with Crippen molar-refractivity contribution in [2.75, 3.05) is 27.7 Å². The molecule has 4 rings (SSSR count). The van der Waals surface area contributed by atoms with Gasteiger partial charge in [0.25, 0.3) is 0 Å². The number of carbonyl (C=O) groups excluding carboxylic acids is 1. The monoisotopic (exact) mass is 372 g/mol. The minimum Gasteiger partial charge on any atom is -0.345 e.